The molecule has 1 N–H and O–H groups in total. The molecule has 1 fully saturated rings. The van der Waals surface area contributed by atoms with Crippen LogP contribution in [-0.2, 0) is 4.79 Å². The third-order valence-electron chi connectivity index (χ3n) is 2.54. The standard InChI is InChI=1S/C10H21N3O.H2/c1-3-4-11-10(14)9-13-7-5-12(2)6-8-13;/h3-9H2,1-2H3,(H,11,14);1H. The summed E-state index contributed by atoms with van der Waals surface area (Å²) < 4.78 is 0. The van der Waals surface area contributed by atoms with Crippen molar-refractivity contribution >= 4 is 5.91 Å². The summed E-state index contributed by atoms with van der Waals surface area (Å²) in [5.41, 5.74) is 0. The molecule has 0 aromatic heterocycles. The van der Waals surface area contributed by atoms with Crippen LogP contribution in [0.1, 0.15) is 14.8 Å². The van der Waals surface area contributed by atoms with E-state index < -0.39 is 0 Å². The van der Waals surface area contributed by atoms with Crippen LogP contribution in [0, 0.1) is 0 Å². The van der Waals surface area contributed by atoms with Gasteiger partial charge >= 0.3 is 0 Å². The molecule has 1 rings (SSSR count). The number of likely N-dealkylation sites (N-methyl/N-ethyl adjacent to an activating group) is 1. The van der Waals surface area contributed by atoms with Crippen molar-refractivity contribution in [2.45, 2.75) is 13.3 Å². The molecule has 1 aliphatic heterocycles. The van der Waals surface area contributed by atoms with Crippen LogP contribution in [0.2, 0.25) is 0 Å². The highest BCUT2D eigenvalue weighted by molar-refractivity contribution is 5.77. The van der Waals surface area contributed by atoms with E-state index in [4.69, 9.17) is 0 Å². The molecule has 1 amide bonds. The summed E-state index contributed by atoms with van der Waals surface area (Å²) in [6, 6.07) is 0. The lowest BCUT2D eigenvalue weighted by molar-refractivity contribution is -0.122. The molecule has 0 unspecified atom stereocenters. The van der Waals surface area contributed by atoms with Crippen LogP contribution < -0.4 is 5.32 Å². The summed E-state index contributed by atoms with van der Waals surface area (Å²) in [7, 11) is 2.12. The Kier molecular flexibility index (Phi) is 4.90. The predicted molar refractivity (Wildman–Crippen MR) is 59.4 cm³/mol. The Balaban J connectivity index is 0.00000196. The van der Waals surface area contributed by atoms with E-state index in [2.05, 4.69) is 29.1 Å². The van der Waals surface area contributed by atoms with E-state index in [-0.39, 0.29) is 7.33 Å². The van der Waals surface area contributed by atoms with Gasteiger partial charge in [-0.25, -0.2) is 0 Å². The van der Waals surface area contributed by atoms with Gasteiger partial charge in [-0.15, -0.1) is 0 Å². The highest BCUT2D eigenvalue weighted by Crippen LogP contribution is 1.97. The van der Waals surface area contributed by atoms with E-state index in [1.54, 1.807) is 0 Å². The lowest BCUT2D eigenvalue weighted by atomic mass is 10.3. The number of rotatable bonds is 4. The Hall–Kier alpha value is -0.610. The van der Waals surface area contributed by atoms with Crippen LogP contribution >= 0.6 is 0 Å². The number of nitrogens with zero attached hydrogens (tertiary/aromatic N) is 2. The van der Waals surface area contributed by atoms with Gasteiger partial charge in [0.15, 0.2) is 0 Å². The number of hydrogen-bond donors (Lipinski definition) is 1. The predicted octanol–water partition coefficient (Wildman–Crippen LogP) is 0.00600. The van der Waals surface area contributed by atoms with Crippen molar-refractivity contribution in [1.82, 2.24) is 15.1 Å². The van der Waals surface area contributed by atoms with E-state index in [1.807, 2.05) is 0 Å². The molecule has 4 nitrogen and oxygen atoms in total. The highest BCUT2D eigenvalue weighted by atomic mass is 16.2. The maximum atomic E-state index is 11.4. The number of carbonyl (C=O) groups is 1. The van der Waals surface area contributed by atoms with Gasteiger partial charge in [-0.2, -0.15) is 0 Å². The van der Waals surface area contributed by atoms with E-state index in [0.717, 1.165) is 39.1 Å². The Labute approximate surface area is 87.7 Å². The van der Waals surface area contributed by atoms with Gasteiger partial charge in [0.25, 0.3) is 0 Å². The van der Waals surface area contributed by atoms with Gasteiger partial charge in [0.2, 0.25) is 5.91 Å². The first kappa shape index (κ1) is 11.5. The summed E-state index contributed by atoms with van der Waals surface area (Å²) in [6.07, 6.45) is 1.01. The average molecular weight is 201 g/mol. The summed E-state index contributed by atoms with van der Waals surface area (Å²) in [5.74, 6) is 0.163. The molecule has 0 aromatic carbocycles. The Morgan fingerprint density at radius 1 is 1.36 bits per heavy atom. The quantitative estimate of drug-likeness (QED) is 0.696. The number of amides is 1. The minimum absolute atomic E-state index is 0. The Morgan fingerprint density at radius 3 is 2.57 bits per heavy atom. The lowest BCUT2D eigenvalue weighted by Crippen LogP contribution is -2.48. The molecule has 0 atom stereocenters. The van der Waals surface area contributed by atoms with Crippen LogP contribution in [0.4, 0.5) is 0 Å². The zero-order valence-corrected chi connectivity index (χ0v) is 9.25. The molecule has 4 heteroatoms. The van der Waals surface area contributed by atoms with Crippen molar-refractivity contribution in [3.63, 3.8) is 0 Å². The van der Waals surface area contributed by atoms with Crippen molar-refractivity contribution in [2.75, 3.05) is 46.3 Å². The van der Waals surface area contributed by atoms with E-state index in [9.17, 15) is 4.79 Å². The van der Waals surface area contributed by atoms with E-state index >= 15 is 0 Å². The first-order valence-corrected chi connectivity index (χ1v) is 5.40. The zero-order chi connectivity index (χ0) is 10.4. The maximum absolute atomic E-state index is 11.4. The van der Waals surface area contributed by atoms with Crippen LogP contribution in [0.3, 0.4) is 0 Å². The lowest BCUT2D eigenvalue weighted by Gasteiger charge is -2.31. The van der Waals surface area contributed by atoms with Crippen molar-refractivity contribution in [3.05, 3.63) is 0 Å². The maximum Gasteiger partial charge on any atom is 0.234 e. The first-order chi connectivity index (χ1) is 6.72. The first-order valence-electron chi connectivity index (χ1n) is 5.40. The summed E-state index contributed by atoms with van der Waals surface area (Å²) >= 11 is 0. The molecule has 0 radical (unpaired) electrons. The molecule has 1 aliphatic rings. The van der Waals surface area contributed by atoms with Gasteiger partial charge in [0.05, 0.1) is 6.54 Å². The second-order valence-corrected chi connectivity index (χ2v) is 3.93. The molecule has 0 saturated carbocycles. The zero-order valence-electron chi connectivity index (χ0n) is 9.25. The van der Waals surface area contributed by atoms with Gasteiger partial charge in [-0.3, -0.25) is 9.69 Å². The van der Waals surface area contributed by atoms with Crippen molar-refractivity contribution in [1.29, 1.82) is 0 Å². The topological polar surface area (TPSA) is 35.6 Å². The van der Waals surface area contributed by atoms with Gasteiger partial charge in [0.1, 0.15) is 0 Å². The van der Waals surface area contributed by atoms with Crippen LogP contribution in [0.15, 0.2) is 0 Å². The molecule has 0 aliphatic carbocycles. The molecule has 0 spiro atoms. The molecule has 1 saturated heterocycles. The third-order valence-corrected chi connectivity index (χ3v) is 2.54. The fraction of sp³-hybridized carbons (Fsp3) is 0.900. The van der Waals surface area contributed by atoms with Gasteiger partial charge in [-0.05, 0) is 13.5 Å². The second kappa shape index (κ2) is 5.98. The molecular formula is C10H23N3O. The fourth-order valence-corrected chi connectivity index (χ4v) is 1.53. The molecular weight excluding hydrogens is 178 g/mol. The SMILES string of the molecule is CCCNC(=O)CN1CCN(C)CC1.[HH]. The highest BCUT2D eigenvalue weighted by Gasteiger charge is 2.15. The fourth-order valence-electron chi connectivity index (χ4n) is 1.53. The minimum atomic E-state index is 0. The van der Waals surface area contributed by atoms with Gasteiger partial charge in [0, 0.05) is 34.2 Å². The summed E-state index contributed by atoms with van der Waals surface area (Å²) in [6.45, 7) is 7.59. The van der Waals surface area contributed by atoms with E-state index in [1.165, 1.54) is 0 Å². The van der Waals surface area contributed by atoms with Crippen LogP contribution in [-0.4, -0.2) is 62.0 Å². The monoisotopic (exact) mass is 201 g/mol. The number of nitrogens with one attached hydrogen (secondary N) is 1. The third kappa shape index (κ3) is 4.07. The molecule has 14 heavy (non-hydrogen) atoms. The van der Waals surface area contributed by atoms with Crippen LogP contribution in [0.25, 0.3) is 0 Å². The minimum Gasteiger partial charge on any atom is -0.355 e. The van der Waals surface area contributed by atoms with Crippen LogP contribution in [0.5, 0.6) is 0 Å². The molecule has 0 aromatic rings. The second-order valence-electron chi connectivity index (χ2n) is 3.93. The molecule has 84 valence electrons. The van der Waals surface area contributed by atoms with Gasteiger partial charge < -0.3 is 10.2 Å². The smallest absolute Gasteiger partial charge is 0.234 e. The summed E-state index contributed by atoms with van der Waals surface area (Å²) in [4.78, 5) is 15.9. The van der Waals surface area contributed by atoms with Crippen molar-refractivity contribution in [2.24, 2.45) is 0 Å². The average Bonchev–Trinajstić information content (AvgIpc) is 2.18. The number of hydrogen-bond acceptors (Lipinski definition) is 3. The van der Waals surface area contributed by atoms with Gasteiger partial charge in [-0.1, -0.05) is 6.92 Å². The van der Waals surface area contributed by atoms with Crippen molar-refractivity contribution < 1.29 is 6.22 Å². The van der Waals surface area contributed by atoms with E-state index in [0.29, 0.717) is 6.54 Å². The molecule has 0 bridgehead atoms. The number of piperazine rings is 1. The Morgan fingerprint density at radius 2 is 2.00 bits per heavy atom. The Bertz CT molecular complexity index is 182. The summed E-state index contributed by atoms with van der Waals surface area (Å²) in [5, 5.41) is 2.90. The largest absolute Gasteiger partial charge is 0.355 e. The normalized spacial score (nSPS) is 19.6. The van der Waals surface area contributed by atoms with Crippen molar-refractivity contribution in [3.8, 4) is 0 Å². The number of carbonyl (C=O) groups excluding carboxylic acids is 1. The molecule has 1 heterocycles.